The Balaban J connectivity index is 2.10. The van der Waals surface area contributed by atoms with E-state index in [4.69, 9.17) is 17.3 Å². The average molecular weight is 272 g/mol. The number of rotatable bonds is 2. The van der Waals surface area contributed by atoms with Gasteiger partial charge in [0.25, 0.3) is 0 Å². The molecule has 0 bridgehead atoms. The molecule has 2 N–H and O–H groups in total. The van der Waals surface area contributed by atoms with E-state index in [0.29, 0.717) is 22.4 Å². The highest BCUT2D eigenvalue weighted by atomic mass is 35.5. The average Bonchev–Trinajstić information content (AvgIpc) is 2.82. The first kappa shape index (κ1) is 11.7. The van der Waals surface area contributed by atoms with Gasteiger partial charge in [-0.1, -0.05) is 29.8 Å². The van der Waals surface area contributed by atoms with Crippen molar-refractivity contribution in [1.29, 1.82) is 0 Å². The van der Waals surface area contributed by atoms with Crippen LogP contribution in [0, 0.1) is 0 Å². The fourth-order valence-electron chi connectivity index (χ4n) is 1.79. The lowest BCUT2D eigenvalue weighted by atomic mass is 10.1. The van der Waals surface area contributed by atoms with Gasteiger partial charge in [0.15, 0.2) is 5.82 Å². The summed E-state index contributed by atoms with van der Waals surface area (Å²) in [6.45, 7) is 0. The number of aromatic nitrogens is 4. The monoisotopic (exact) mass is 271 g/mol. The maximum Gasteiger partial charge on any atom is 0.159 e. The van der Waals surface area contributed by atoms with E-state index in [1.807, 2.05) is 24.3 Å². The van der Waals surface area contributed by atoms with Crippen LogP contribution in [-0.2, 0) is 0 Å². The summed E-state index contributed by atoms with van der Waals surface area (Å²) < 4.78 is 1.56. The van der Waals surface area contributed by atoms with Crippen molar-refractivity contribution < 1.29 is 0 Å². The molecule has 6 heteroatoms. The van der Waals surface area contributed by atoms with Crippen LogP contribution in [0.2, 0.25) is 5.02 Å². The van der Waals surface area contributed by atoms with Crippen molar-refractivity contribution >= 4 is 17.4 Å². The zero-order chi connectivity index (χ0) is 13.2. The molecular weight excluding hydrogens is 262 g/mol. The molecule has 0 fully saturated rings. The molecule has 3 rings (SSSR count). The Kier molecular flexibility index (Phi) is 2.89. The Morgan fingerprint density at radius 1 is 1.16 bits per heavy atom. The minimum Gasteiger partial charge on any atom is -0.384 e. The molecule has 1 aromatic carbocycles. The van der Waals surface area contributed by atoms with E-state index < -0.39 is 0 Å². The number of nitrogens with two attached hydrogens (primary N) is 1. The summed E-state index contributed by atoms with van der Waals surface area (Å²) in [7, 11) is 0. The molecule has 5 nitrogen and oxygen atoms in total. The minimum absolute atomic E-state index is 0.494. The van der Waals surface area contributed by atoms with E-state index in [2.05, 4.69) is 15.1 Å². The van der Waals surface area contributed by atoms with E-state index in [-0.39, 0.29) is 0 Å². The molecule has 2 heterocycles. The van der Waals surface area contributed by atoms with Gasteiger partial charge in [-0.05, 0) is 6.07 Å². The first-order valence-corrected chi connectivity index (χ1v) is 6.00. The zero-order valence-electron chi connectivity index (χ0n) is 9.86. The number of halogens is 1. The van der Waals surface area contributed by atoms with Crippen LogP contribution in [0.3, 0.4) is 0 Å². The quantitative estimate of drug-likeness (QED) is 0.778. The van der Waals surface area contributed by atoms with Crippen LogP contribution in [0.5, 0.6) is 0 Å². The van der Waals surface area contributed by atoms with Crippen molar-refractivity contribution in [2.75, 3.05) is 5.73 Å². The van der Waals surface area contributed by atoms with E-state index in [0.717, 1.165) is 5.56 Å². The fraction of sp³-hybridized carbons (Fsp3) is 0. The lowest BCUT2D eigenvalue weighted by molar-refractivity contribution is 0.852. The predicted octanol–water partition coefficient (Wildman–Crippen LogP) is 2.56. The lowest BCUT2D eigenvalue weighted by Gasteiger charge is -2.01. The van der Waals surface area contributed by atoms with Crippen LogP contribution in [0.1, 0.15) is 0 Å². The zero-order valence-corrected chi connectivity index (χ0v) is 10.6. The second kappa shape index (κ2) is 4.70. The van der Waals surface area contributed by atoms with Gasteiger partial charge in [0.2, 0.25) is 0 Å². The topological polar surface area (TPSA) is 69.6 Å². The second-order valence-corrected chi connectivity index (χ2v) is 4.32. The maximum absolute atomic E-state index is 6.15. The van der Waals surface area contributed by atoms with Crippen LogP contribution in [0.15, 0.2) is 48.9 Å². The SMILES string of the molecule is Nc1cc(-c2ccccc2Cl)nn1-c1ccncn1. The number of anilines is 1. The Bertz CT molecular complexity index is 708. The van der Waals surface area contributed by atoms with E-state index in [1.54, 1.807) is 23.0 Å². The van der Waals surface area contributed by atoms with E-state index >= 15 is 0 Å². The number of hydrogen-bond donors (Lipinski definition) is 1. The van der Waals surface area contributed by atoms with E-state index in [9.17, 15) is 0 Å². The third-order valence-corrected chi connectivity index (χ3v) is 3.00. The number of nitrogens with zero attached hydrogens (tertiary/aromatic N) is 4. The molecule has 0 unspecified atom stereocenters. The molecule has 19 heavy (non-hydrogen) atoms. The fourth-order valence-corrected chi connectivity index (χ4v) is 2.02. The largest absolute Gasteiger partial charge is 0.384 e. The normalized spacial score (nSPS) is 10.6. The van der Waals surface area contributed by atoms with Gasteiger partial charge in [-0.3, -0.25) is 0 Å². The van der Waals surface area contributed by atoms with Crippen LogP contribution in [-0.4, -0.2) is 19.7 Å². The van der Waals surface area contributed by atoms with Gasteiger partial charge in [-0.25, -0.2) is 9.97 Å². The Labute approximate surface area is 114 Å². The molecule has 0 atom stereocenters. The molecule has 0 spiro atoms. The van der Waals surface area contributed by atoms with Gasteiger partial charge in [-0.2, -0.15) is 9.78 Å². The summed E-state index contributed by atoms with van der Waals surface area (Å²) >= 11 is 6.15. The van der Waals surface area contributed by atoms with Gasteiger partial charge >= 0.3 is 0 Å². The maximum atomic E-state index is 6.15. The van der Waals surface area contributed by atoms with Crippen molar-refractivity contribution in [2.24, 2.45) is 0 Å². The summed E-state index contributed by atoms with van der Waals surface area (Å²) in [5.74, 6) is 1.11. The Hall–Kier alpha value is -2.40. The molecule has 94 valence electrons. The standard InChI is InChI=1S/C13H10ClN5/c14-10-4-2-1-3-9(10)11-7-12(15)19(18-11)13-5-6-16-8-17-13/h1-8H,15H2. The van der Waals surface area contributed by atoms with Crippen LogP contribution in [0.4, 0.5) is 5.82 Å². The molecule has 0 amide bonds. The third kappa shape index (κ3) is 2.15. The van der Waals surface area contributed by atoms with Crippen LogP contribution < -0.4 is 5.73 Å². The van der Waals surface area contributed by atoms with Crippen molar-refractivity contribution in [3.8, 4) is 17.1 Å². The molecule has 2 aromatic heterocycles. The summed E-state index contributed by atoms with van der Waals surface area (Å²) in [5, 5.41) is 5.06. The molecule has 0 saturated carbocycles. The predicted molar refractivity (Wildman–Crippen MR) is 74.0 cm³/mol. The van der Waals surface area contributed by atoms with Crippen molar-refractivity contribution in [2.45, 2.75) is 0 Å². The van der Waals surface area contributed by atoms with Crippen molar-refractivity contribution in [3.05, 3.63) is 53.9 Å². The summed E-state index contributed by atoms with van der Waals surface area (Å²) in [5.41, 5.74) is 7.50. The molecular formula is C13H10ClN5. The lowest BCUT2D eigenvalue weighted by Crippen LogP contribution is -2.03. The van der Waals surface area contributed by atoms with Gasteiger partial charge in [0.05, 0.1) is 10.7 Å². The van der Waals surface area contributed by atoms with E-state index in [1.165, 1.54) is 6.33 Å². The minimum atomic E-state index is 0.494. The van der Waals surface area contributed by atoms with Gasteiger partial charge in [-0.15, -0.1) is 0 Å². The highest BCUT2D eigenvalue weighted by molar-refractivity contribution is 6.33. The van der Waals surface area contributed by atoms with Crippen LogP contribution >= 0.6 is 11.6 Å². The van der Waals surface area contributed by atoms with Gasteiger partial charge in [0.1, 0.15) is 12.1 Å². The number of hydrogen-bond acceptors (Lipinski definition) is 4. The first-order chi connectivity index (χ1) is 9.25. The number of benzene rings is 1. The number of nitrogen functional groups attached to an aromatic ring is 1. The highest BCUT2D eigenvalue weighted by Gasteiger charge is 2.11. The van der Waals surface area contributed by atoms with Crippen molar-refractivity contribution in [3.63, 3.8) is 0 Å². The van der Waals surface area contributed by atoms with Gasteiger partial charge < -0.3 is 5.73 Å². The molecule has 0 aliphatic carbocycles. The third-order valence-electron chi connectivity index (χ3n) is 2.67. The first-order valence-electron chi connectivity index (χ1n) is 5.62. The summed E-state index contributed by atoms with van der Waals surface area (Å²) in [6.07, 6.45) is 3.09. The van der Waals surface area contributed by atoms with Crippen LogP contribution in [0.25, 0.3) is 17.1 Å². The molecule has 3 aromatic rings. The second-order valence-electron chi connectivity index (χ2n) is 3.91. The summed E-state index contributed by atoms with van der Waals surface area (Å²) in [6, 6.07) is 11.0. The molecule has 0 radical (unpaired) electrons. The highest BCUT2D eigenvalue weighted by Crippen LogP contribution is 2.28. The summed E-state index contributed by atoms with van der Waals surface area (Å²) in [4.78, 5) is 7.98. The Morgan fingerprint density at radius 2 is 2.00 bits per heavy atom. The molecule has 0 aliphatic heterocycles. The van der Waals surface area contributed by atoms with Crippen molar-refractivity contribution in [1.82, 2.24) is 19.7 Å². The molecule has 0 saturated heterocycles. The smallest absolute Gasteiger partial charge is 0.159 e. The van der Waals surface area contributed by atoms with Gasteiger partial charge in [0, 0.05) is 23.9 Å². The molecule has 0 aliphatic rings. The Morgan fingerprint density at radius 3 is 2.74 bits per heavy atom.